The average Bonchev–Trinajstić information content (AvgIpc) is 3.14. The summed E-state index contributed by atoms with van der Waals surface area (Å²) in [5.74, 6) is -1.28. The molecular weight excluding hydrogens is 406 g/mol. The first-order chi connectivity index (χ1) is 15.5. The van der Waals surface area contributed by atoms with E-state index in [4.69, 9.17) is 9.47 Å². The van der Waals surface area contributed by atoms with Crippen molar-refractivity contribution in [2.45, 2.75) is 31.6 Å². The van der Waals surface area contributed by atoms with Gasteiger partial charge in [0.1, 0.15) is 6.61 Å². The average molecular weight is 431 g/mol. The van der Waals surface area contributed by atoms with Crippen LogP contribution in [-0.4, -0.2) is 35.9 Å². The molecule has 0 bridgehead atoms. The van der Waals surface area contributed by atoms with E-state index in [2.05, 4.69) is 17.4 Å². The predicted octanol–water partition coefficient (Wildman–Crippen LogP) is 4.58. The highest BCUT2D eigenvalue weighted by atomic mass is 16.6. The molecule has 2 atom stereocenters. The van der Waals surface area contributed by atoms with Crippen LogP contribution in [0.3, 0.4) is 0 Å². The van der Waals surface area contributed by atoms with E-state index in [1.165, 1.54) is 0 Å². The molecule has 6 nitrogen and oxygen atoms in total. The Kier molecular flexibility index (Phi) is 6.52. The summed E-state index contributed by atoms with van der Waals surface area (Å²) < 4.78 is 11.1. The number of ether oxygens (including phenoxy) is 2. The number of amides is 1. The minimum atomic E-state index is -1.23. The number of hydrogen-bond acceptors (Lipinski definition) is 4. The van der Waals surface area contributed by atoms with Crippen molar-refractivity contribution >= 4 is 12.1 Å². The summed E-state index contributed by atoms with van der Waals surface area (Å²) in [6.07, 6.45) is -1.53. The Morgan fingerprint density at radius 1 is 0.906 bits per heavy atom. The minimum absolute atomic E-state index is 0.0943. The van der Waals surface area contributed by atoms with Crippen molar-refractivity contribution in [3.05, 3.63) is 95.6 Å². The van der Waals surface area contributed by atoms with Crippen molar-refractivity contribution in [3.63, 3.8) is 0 Å². The summed E-state index contributed by atoms with van der Waals surface area (Å²) in [4.78, 5) is 24.2. The Labute approximate surface area is 186 Å². The Balaban J connectivity index is 1.37. The van der Waals surface area contributed by atoms with E-state index in [0.29, 0.717) is 0 Å². The lowest BCUT2D eigenvalue weighted by molar-refractivity contribution is -0.143. The van der Waals surface area contributed by atoms with E-state index in [-0.39, 0.29) is 19.1 Å². The van der Waals surface area contributed by atoms with Gasteiger partial charge in [0.15, 0.2) is 6.04 Å². The van der Waals surface area contributed by atoms with Gasteiger partial charge in [0.2, 0.25) is 0 Å². The number of alkyl carbamates (subject to hydrolysis) is 1. The Morgan fingerprint density at radius 2 is 1.47 bits per heavy atom. The summed E-state index contributed by atoms with van der Waals surface area (Å²) in [5, 5.41) is 12.0. The lowest BCUT2D eigenvalue weighted by atomic mass is 9.98. The topological polar surface area (TPSA) is 84.9 Å². The number of fused-ring (bicyclic) bond motifs is 3. The fourth-order valence-corrected chi connectivity index (χ4v) is 4.05. The second-order valence-electron chi connectivity index (χ2n) is 7.79. The molecule has 0 aromatic heterocycles. The van der Waals surface area contributed by atoms with Crippen LogP contribution in [-0.2, 0) is 20.9 Å². The smallest absolute Gasteiger partial charge is 0.407 e. The number of aliphatic carboxylic acids is 1. The van der Waals surface area contributed by atoms with Crippen molar-refractivity contribution in [3.8, 4) is 11.1 Å². The SMILES string of the molecule is C[C@@H](OCc1ccccc1)[C@H](NC(=O)OCC1c2ccccc2-c2ccccc21)C(=O)O. The molecule has 1 aliphatic carbocycles. The number of benzene rings is 3. The summed E-state index contributed by atoms with van der Waals surface area (Å²) in [5.41, 5.74) is 5.36. The zero-order valence-corrected chi connectivity index (χ0v) is 17.7. The van der Waals surface area contributed by atoms with Gasteiger partial charge in [0.25, 0.3) is 0 Å². The maximum absolute atomic E-state index is 12.5. The molecule has 0 aliphatic heterocycles. The van der Waals surface area contributed by atoms with Crippen LogP contribution in [0.25, 0.3) is 11.1 Å². The highest BCUT2D eigenvalue weighted by Crippen LogP contribution is 2.44. The van der Waals surface area contributed by atoms with Crippen LogP contribution in [0.2, 0.25) is 0 Å². The molecule has 0 fully saturated rings. The van der Waals surface area contributed by atoms with Gasteiger partial charge in [0.05, 0.1) is 12.7 Å². The quantitative estimate of drug-likeness (QED) is 0.545. The lowest BCUT2D eigenvalue weighted by Crippen LogP contribution is -2.48. The van der Waals surface area contributed by atoms with E-state index in [1.807, 2.05) is 66.7 Å². The van der Waals surface area contributed by atoms with Gasteiger partial charge in [-0.15, -0.1) is 0 Å². The third-order valence-corrected chi connectivity index (χ3v) is 5.71. The Hall–Kier alpha value is -3.64. The zero-order chi connectivity index (χ0) is 22.5. The number of carbonyl (C=O) groups is 2. The van der Waals surface area contributed by atoms with Crippen LogP contribution >= 0.6 is 0 Å². The summed E-state index contributed by atoms with van der Waals surface area (Å²) in [6, 6.07) is 24.3. The monoisotopic (exact) mass is 431 g/mol. The molecule has 0 saturated carbocycles. The van der Waals surface area contributed by atoms with Crippen LogP contribution in [0.4, 0.5) is 4.79 Å². The minimum Gasteiger partial charge on any atom is -0.480 e. The number of rotatable bonds is 8. The molecule has 1 amide bonds. The molecule has 0 saturated heterocycles. The van der Waals surface area contributed by atoms with Crippen LogP contribution in [0.15, 0.2) is 78.9 Å². The molecule has 1 aliphatic rings. The van der Waals surface area contributed by atoms with Gasteiger partial charge in [-0.1, -0.05) is 78.9 Å². The second-order valence-corrected chi connectivity index (χ2v) is 7.79. The van der Waals surface area contributed by atoms with E-state index in [9.17, 15) is 14.7 Å². The maximum atomic E-state index is 12.5. The van der Waals surface area contributed by atoms with E-state index in [1.54, 1.807) is 6.92 Å². The molecule has 0 spiro atoms. The van der Waals surface area contributed by atoms with Gasteiger partial charge in [-0.2, -0.15) is 0 Å². The van der Waals surface area contributed by atoms with E-state index in [0.717, 1.165) is 27.8 Å². The van der Waals surface area contributed by atoms with E-state index < -0.39 is 24.2 Å². The molecule has 3 aromatic rings. The van der Waals surface area contributed by atoms with Crippen molar-refractivity contribution in [1.82, 2.24) is 5.32 Å². The van der Waals surface area contributed by atoms with Gasteiger partial charge in [-0.05, 0) is 34.7 Å². The number of carbonyl (C=O) groups excluding carboxylic acids is 1. The van der Waals surface area contributed by atoms with Gasteiger partial charge < -0.3 is 19.9 Å². The summed E-state index contributed by atoms with van der Waals surface area (Å²) >= 11 is 0. The van der Waals surface area contributed by atoms with Crippen molar-refractivity contribution < 1.29 is 24.2 Å². The van der Waals surface area contributed by atoms with Gasteiger partial charge >= 0.3 is 12.1 Å². The maximum Gasteiger partial charge on any atom is 0.407 e. The molecule has 164 valence electrons. The second kappa shape index (κ2) is 9.66. The number of nitrogens with one attached hydrogen (secondary N) is 1. The molecule has 4 rings (SSSR count). The molecule has 0 heterocycles. The normalized spacial score (nSPS) is 14.2. The standard InChI is InChI=1S/C26H25NO5/c1-17(31-15-18-9-3-2-4-10-18)24(25(28)29)27-26(30)32-16-23-21-13-7-5-11-19(21)20-12-6-8-14-22(20)23/h2-14,17,23-24H,15-16H2,1H3,(H,27,30)(H,28,29)/t17-,24+/m1/s1. The third kappa shape index (κ3) is 4.65. The van der Waals surface area contributed by atoms with Gasteiger partial charge in [-0.25, -0.2) is 9.59 Å². The fraction of sp³-hybridized carbons (Fsp3) is 0.231. The highest BCUT2D eigenvalue weighted by Gasteiger charge is 2.31. The molecule has 0 unspecified atom stereocenters. The van der Waals surface area contributed by atoms with Gasteiger partial charge in [0, 0.05) is 5.92 Å². The first kappa shape index (κ1) is 21.6. The fourth-order valence-electron chi connectivity index (χ4n) is 4.05. The predicted molar refractivity (Wildman–Crippen MR) is 120 cm³/mol. The first-order valence-electron chi connectivity index (χ1n) is 10.5. The third-order valence-electron chi connectivity index (χ3n) is 5.71. The van der Waals surface area contributed by atoms with E-state index >= 15 is 0 Å². The van der Waals surface area contributed by atoms with Crippen molar-refractivity contribution in [1.29, 1.82) is 0 Å². The largest absolute Gasteiger partial charge is 0.480 e. The van der Waals surface area contributed by atoms with Crippen molar-refractivity contribution in [2.75, 3.05) is 6.61 Å². The Morgan fingerprint density at radius 3 is 2.06 bits per heavy atom. The molecule has 2 N–H and O–H groups in total. The first-order valence-corrected chi connectivity index (χ1v) is 10.5. The summed E-state index contributed by atoms with van der Waals surface area (Å²) in [6.45, 7) is 1.98. The van der Waals surface area contributed by atoms with Crippen LogP contribution in [0, 0.1) is 0 Å². The van der Waals surface area contributed by atoms with Crippen LogP contribution in [0.1, 0.15) is 29.5 Å². The lowest BCUT2D eigenvalue weighted by Gasteiger charge is -2.22. The molecule has 6 heteroatoms. The number of carboxylic acid groups (broad SMARTS) is 1. The van der Waals surface area contributed by atoms with Crippen LogP contribution in [0.5, 0.6) is 0 Å². The Bertz CT molecular complexity index is 1050. The molecule has 0 radical (unpaired) electrons. The molecule has 3 aromatic carbocycles. The zero-order valence-electron chi connectivity index (χ0n) is 17.7. The molecule has 32 heavy (non-hydrogen) atoms. The highest BCUT2D eigenvalue weighted by molar-refractivity contribution is 5.81. The molecular formula is C26H25NO5. The van der Waals surface area contributed by atoms with Crippen LogP contribution < -0.4 is 5.32 Å². The summed E-state index contributed by atoms with van der Waals surface area (Å²) in [7, 11) is 0. The number of carboxylic acids is 1. The number of hydrogen-bond donors (Lipinski definition) is 2. The van der Waals surface area contributed by atoms with Gasteiger partial charge in [-0.3, -0.25) is 0 Å². The van der Waals surface area contributed by atoms with Crippen molar-refractivity contribution in [2.24, 2.45) is 0 Å².